The van der Waals surface area contributed by atoms with Crippen LogP contribution in [0.25, 0.3) is 0 Å². The van der Waals surface area contributed by atoms with Crippen LogP contribution in [0.3, 0.4) is 0 Å². The van der Waals surface area contributed by atoms with Gasteiger partial charge in [-0.2, -0.15) is 0 Å². The minimum atomic E-state index is -0.120. The molecule has 1 aliphatic rings. The summed E-state index contributed by atoms with van der Waals surface area (Å²) in [5.74, 6) is 1.55. The van der Waals surface area contributed by atoms with Crippen LogP contribution < -0.4 is 10.6 Å². The summed E-state index contributed by atoms with van der Waals surface area (Å²) in [6.45, 7) is 7.64. The molecule has 0 aliphatic heterocycles. The van der Waals surface area contributed by atoms with E-state index in [-0.39, 0.29) is 11.9 Å². The maximum atomic E-state index is 11.8. The molecule has 0 bridgehead atoms. The van der Waals surface area contributed by atoms with Crippen LogP contribution in [0, 0.1) is 11.8 Å². The molecule has 0 aromatic rings. The first-order valence-corrected chi connectivity index (χ1v) is 7.12. The van der Waals surface area contributed by atoms with Gasteiger partial charge in [0.05, 0.1) is 12.6 Å². The molecule has 2 N–H and O–H groups in total. The monoisotopic (exact) mass is 256 g/mol. The van der Waals surface area contributed by atoms with Crippen LogP contribution in [0.5, 0.6) is 0 Å². The van der Waals surface area contributed by atoms with E-state index >= 15 is 0 Å². The molecular formula is C14H28N2O2. The minimum Gasteiger partial charge on any atom is -0.383 e. The number of ether oxygens (including phenoxy) is 1. The van der Waals surface area contributed by atoms with Crippen molar-refractivity contribution < 1.29 is 9.53 Å². The summed E-state index contributed by atoms with van der Waals surface area (Å²) < 4.78 is 4.92. The average molecular weight is 256 g/mol. The maximum absolute atomic E-state index is 11.8. The van der Waals surface area contributed by atoms with Crippen molar-refractivity contribution in [2.24, 2.45) is 11.8 Å². The molecule has 4 heteroatoms. The van der Waals surface area contributed by atoms with E-state index in [0.29, 0.717) is 25.1 Å². The third-order valence-corrected chi connectivity index (χ3v) is 4.21. The molecule has 1 fully saturated rings. The highest BCUT2D eigenvalue weighted by molar-refractivity contribution is 5.81. The zero-order valence-electron chi connectivity index (χ0n) is 12.2. The molecule has 1 amide bonds. The van der Waals surface area contributed by atoms with Gasteiger partial charge in [-0.05, 0) is 31.6 Å². The van der Waals surface area contributed by atoms with Gasteiger partial charge in [0.25, 0.3) is 0 Å². The van der Waals surface area contributed by atoms with Crippen molar-refractivity contribution >= 4 is 5.91 Å². The highest BCUT2D eigenvalue weighted by Crippen LogP contribution is 2.33. The molecular weight excluding hydrogens is 228 g/mol. The van der Waals surface area contributed by atoms with E-state index in [1.54, 1.807) is 7.11 Å². The van der Waals surface area contributed by atoms with Crippen LogP contribution in [0.1, 0.15) is 40.0 Å². The third kappa shape index (κ3) is 4.25. The molecule has 1 aliphatic carbocycles. The van der Waals surface area contributed by atoms with E-state index in [1.165, 1.54) is 19.3 Å². The number of amides is 1. The van der Waals surface area contributed by atoms with Gasteiger partial charge in [-0.3, -0.25) is 4.79 Å². The van der Waals surface area contributed by atoms with Gasteiger partial charge >= 0.3 is 0 Å². The maximum Gasteiger partial charge on any atom is 0.236 e. The summed E-state index contributed by atoms with van der Waals surface area (Å²) in [5.41, 5.74) is 0. The van der Waals surface area contributed by atoms with Gasteiger partial charge in [0.15, 0.2) is 0 Å². The first kappa shape index (κ1) is 15.4. The predicted octanol–water partition coefficient (Wildman–Crippen LogP) is 1.55. The third-order valence-electron chi connectivity index (χ3n) is 4.21. The number of methoxy groups -OCH3 is 1. The number of hydrogen-bond acceptors (Lipinski definition) is 3. The van der Waals surface area contributed by atoms with Crippen LogP contribution in [0.2, 0.25) is 0 Å². The van der Waals surface area contributed by atoms with E-state index in [2.05, 4.69) is 24.5 Å². The second-order valence-corrected chi connectivity index (χ2v) is 5.38. The van der Waals surface area contributed by atoms with Crippen molar-refractivity contribution in [3.63, 3.8) is 0 Å². The van der Waals surface area contributed by atoms with Gasteiger partial charge in [-0.15, -0.1) is 0 Å². The van der Waals surface area contributed by atoms with Crippen molar-refractivity contribution in [1.29, 1.82) is 0 Å². The van der Waals surface area contributed by atoms with Crippen molar-refractivity contribution in [2.75, 3.05) is 20.3 Å². The van der Waals surface area contributed by atoms with Crippen LogP contribution in [0.4, 0.5) is 0 Å². The molecule has 18 heavy (non-hydrogen) atoms. The van der Waals surface area contributed by atoms with E-state index < -0.39 is 0 Å². The normalized spacial score (nSPS) is 29.2. The largest absolute Gasteiger partial charge is 0.383 e. The summed E-state index contributed by atoms with van der Waals surface area (Å²) in [7, 11) is 1.64. The Bertz CT molecular complexity index is 258. The second kappa shape index (κ2) is 7.74. The van der Waals surface area contributed by atoms with Crippen molar-refractivity contribution in [3.05, 3.63) is 0 Å². The lowest BCUT2D eigenvalue weighted by molar-refractivity contribution is -0.123. The summed E-state index contributed by atoms with van der Waals surface area (Å²) >= 11 is 0. The number of carbonyl (C=O) groups excluding carboxylic acids is 1. The Kier molecular flexibility index (Phi) is 6.65. The summed E-state index contributed by atoms with van der Waals surface area (Å²) in [4.78, 5) is 11.8. The molecule has 0 aromatic carbocycles. The topological polar surface area (TPSA) is 50.4 Å². The van der Waals surface area contributed by atoms with Crippen molar-refractivity contribution in [1.82, 2.24) is 10.6 Å². The lowest BCUT2D eigenvalue weighted by Gasteiger charge is -2.24. The first-order valence-electron chi connectivity index (χ1n) is 7.12. The fourth-order valence-corrected chi connectivity index (χ4v) is 2.89. The molecule has 0 saturated heterocycles. The second-order valence-electron chi connectivity index (χ2n) is 5.38. The Hall–Kier alpha value is -0.610. The Labute approximate surface area is 111 Å². The fourth-order valence-electron chi connectivity index (χ4n) is 2.89. The Balaban J connectivity index is 2.31. The SMILES string of the molecule is CCC1CCC(NC(C)C(=O)NCCOC)C1C. The van der Waals surface area contributed by atoms with Gasteiger partial charge in [-0.25, -0.2) is 0 Å². The van der Waals surface area contributed by atoms with Crippen LogP contribution in [0.15, 0.2) is 0 Å². The highest BCUT2D eigenvalue weighted by Gasteiger charge is 2.32. The van der Waals surface area contributed by atoms with Gasteiger partial charge in [0.1, 0.15) is 0 Å². The smallest absolute Gasteiger partial charge is 0.236 e. The zero-order valence-corrected chi connectivity index (χ0v) is 12.2. The standard InChI is InChI=1S/C14H28N2O2/c1-5-12-6-7-13(10(12)2)16-11(3)14(17)15-8-9-18-4/h10-13,16H,5-9H2,1-4H3,(H,15,17). The summed E-state index contributed by atoms with van der Waals surface area (Å²) in [5, 5.41) is 6.34. The summed E-state index contributed by atoms with van der Waals surface area (Å²) in [6.07, 6.45) is 3.72. The Morgan fingerprint density at radius 1 is 1.44 bits per heavy atom. The lowest BCUT2D eigenvalue weighted by atomic mass is 9.93. The molecule has 1 rings (SSSR count). The van der Waals surface area contributed by atoms with Crippen LogP contribution in [-0.4, -0.2) is 38.3 Å². The predicted molar refractivity (Wildman–Crippen MR) is 73.5 cm³/mol. The van der Waals surface area contributed by atoms with E-state index in [4.69, 9.17) is 4.74 Å². The molecule has 1 saturated carbocycles. The quantitative estimate of drug-likeness (QED) is 0.680. The van der Waals surface area contributed by atoms with Crippen molar-refractivity contribution in [2.45, 2.75) is 52.1 Å². The molecule has 4 nitrogen and oxygen atoms in total. The molecule has 4 unspecified atom stereocenters. The molecule has 4 atom stereocenters. The molecule has 0 spiro atoms. The van der Waals surface area contributed by atoms with E-state index in [9.17, 15) is 4.79 Å². The van der Waals surface area contributed by atoms with Crippen LogP contribution in [-0.2, 0) is 9.53 Å². The summed E-state index contributed by atoms with van der Waals surface area (Å²) in [6, 6.07) is 0.364. The first-order chi connectivity index (χ1) is 8.60. The molecule has 106 valence electrons. The number of hydrogen-bond donors (Lipinski definition) is 2. The number of carbonyl (C=O) groups is 1. The zero-order chi connectivity index (χ0) is 13.5. The molecule has 0 aromatic heterocycles. The number of nitrogens with one attached hydrogen (secondary N) is 2. The highest BCUT2D eigenvalue weighted by atomic mass is 16.5. The van der Waals surface area contributed by atoms with Gasteiger partial charge in [0, 0.05) is 19.7 Å². The number of rotatable bonds is 7. The lowest BCUT2D eigenvalue weighted by Crippen LogP contribution is -2.48. The van der Waals surface area contributed by atoms with E-state index in [1.807, 2.05) is 6.92 Å². The molecule has 0 heterocycles. The molecule has 0 radical (unpaired) electrons. The Morgan fingerprint density at radius 2 is 2.17 bits per heavy atom. The fraction of sp³-hybridized carbons (Fsp3) is 0.929. The minimum absolute atomic E-state index is 0.0687. The van der Waals surface area contributed by atoms with E-state index in [0.717, 1.165) is 5.92 Å². The average Bonchev–Trinajstić information content (AvgIpc) is 2.70. The van der Waals surface area contributed by atoms with Gasteiger partial charge in [-0.1, -0.05) is 20.3 Å². The Morgan fingerprint density at radius 3 is 2.72 bits per heavy atom. The van der Waals surface area contributed by atoms with Gasteiger partial charge in [0.2, 0.25) is 5.91 Å². The van der Waals surface area contributed by atoms with Crippen molar-refractivity contribution in [3.8, 4) is 0 Å². The van der Waals surface area contributed by atoms with Crippen LogP contribution >= 0.6 is 0 Å². The van der Waals surface area contributed by atoms with Gasteiger partial charge < -0.3 is 15.4 Å².